The highest BCUT2D eigenvalue weighted by molar-refractivity contribution is 5.82. The van der Waals surface area contributed by atoms with Crippen molar-refractivity contribution in [2.24, 2.45) is 5.92 Å². The van der Waals surface area contributed by atoms with Crippen LogP contribution < -0.4 is 4.90 Å². The molecular weight excluding hydrogens is 303 g/mol. The number of nitrogens with zero attached hydrogens (tertiary/aromatic N) is 2. The molecule has 0 bridgehead atoms. The maximum absolute atomic E-state index is 13.0. The topological polar surface area (TPSA) is 23.6 Å². The SMILES string of the molecule is CN(Cc1ccc(N(C)C)cc1)C(=O)C1CC1c1ccc(F)cc1. The van der Waals surface area contributed by atoms with Crippen molar-refractivity contribution in [2.45, 2.75) is 18.9 Å². The molecular formula is C20H23FN2O. The first-order chi connectivity index (χ1) is 11.5. The second-order valence-electron chi connectivity index (χ2n) is 6.76. The summed E-state index contributed by atoms with van der Waals surface area (Å²) in [4.78, 5) is 16.4. The molecule has 1 fully saturated rings. The molecule has 0 aliphatic heterocycles. The summed E-state index contributed by atoms with van der Waals surface area (Å²) in [5.74, 6) is 0.194. The van der Waals surface area contributed by atoms with Crippen LogP contribution in [-0.4, -0.2) is 32.0 Å². The molecule has 1 aliphatic carbocycles. The summed E-state index contributed by atoms with van der Waals surface area (Å²) in [6.07, 6.45) is 0.856. The second kappa shape index (κ2) is 6.63. The third-order valence-electron chi connectivity index (χ3n) is 4.65. The molecule has 0 spiro atoms. The zero-order valence-corrected chi connectivity index (χ0v) is 14.4. The lowest BCUT2D eigenvalue weighted by Crippen LogP contribution is -2.28. The van der Waals surface area contributed by atoms with Gasteiger partial charge in [-0.2, -0.15) is 0 Å². The average molecular weight is 326 g/mol. The summed E-state index contributed by atoms with van der Waals surface area (Å²) in [6, 6.07) is 14.7. The van der Waals surface area contributed by atoms with E-state index in [1.807, 2.05) is 21.1 Å². The van der Waals surface area contributed by atoms with Gasteiger partial charge in [-0.3, -0.25) is 4.79 Å². The Morgan fingerprint density at radius 3 is 2.25 bits per heavy atom. The average Bonchev–Trinajstić information content (AvgIpc) is 3.36. The van der Waals surface area contributed by atoms with Crippen LogP contribution in [0.1, 0.15) is 23.5 Å². The molecule has 0 N–H and O–H groups in total. The van der Waals surface area contributed by atoms with E-state index >= 15 is 0 Å². The van der Waals surface area contributed by atoms with E-state index in [-0.39, 0.29) is 23.6 Å². The summed E-state index contributed by atoms with van der Waals surface area (Å²) >= 11 is 0. The summed E-state index contributed by atoms with van der Waals surface area (Å²) in [6.45, 7) is 0.610. The molecule has 0 heterocycles. The second-order valence-corrected chi connectivity index (χ2v) is 6.76. The molecule has 3 nitrogen and oxygen atoms in total. The Labute approximate surface area is 142 Å². The molecule has 0 radical (unpaired) electrons. The Morgan fingerprint density at radius 1 is 1.04 bits per heavy atom. The zero-order valence-electron chi connectivity index (χ0n) is 14.4. The van der Waals surface area contributed by atoms with Crippen molar-refractivity contribution in [1.29, 1.82) is 0 Å². The van der Waals surface area contributed by atoms with Crippen LogP contribution in [0.4, 0.5) is 10.1 Å². The number of benzene rings is 2. The van der Waals surface area contributed by atoms with Crippen molar-refractivity contribution in [2.75, 3.05) is 26.0 Å². The molecule has 1 saturated carbocycles. The van der Waals surface area contributed by atoms with Gasteiger partial charge in [-0.1, -0.05) is 24.3 Å². The van der Waals surface area contributed by atoms with Gasteiger partial charge in [0.15, 0.2) is 0 Å². The fourth-order valence-corrected chi connectivity index (χ4v) is 3.08. The molecule has 2 aromatic rings. The predicted molar refractivity (Wildman–Crippen MR) is 94.5 cm³/mol. The van der Waals surface area contributed by atoms with Gasteiger partial charge in [-0.15, -0.1) is 0 Å². The van der Waals surface area contributed by atoms with Crippen LogP contribution in [0.3, 0.4) is 0 Å². The maximum atomic E-state index is 13.0. The first-order valence-electron chi connectivity index (χ1n) is 8.22. The molecule has 0 aromatic heterocycles. The Kier molecular flexibility index (Phi) is 4.56. The van der Waals surface area contributed by atoms with E-state index in [0.717, 1.165) is 23.2 Å². The van der Waals surface area contributed by atoms with Gasteiger partial charge >= 0.3 is 0 Å². The standard InChI is InChI=1S/C20H23FN2O/c1-22(2)17-10-4-14(5-11-17)13-23(3)20(24)19-12-18(19)15-6-8-16(21)9-7-15/h4-11,18-19H,12-13H2,1-3H3. The van der Waals surface area contributed by atoms with Crippen molar-refractivity contribution in [3.63, 3.8) is 0 Å². The van der Waals surface area contributed by atoms with Gasteiger partial charge in [0.05, 0.1) is 0 Å². The zero-order chi connectivity index (χ0) is 17.3. The molecule has 3 rings (SSSR count). The fourth-order valence-electron chi connectivity index (χ4n) is 3.08. The summed E-state index contributed by atoms with van der Waals surface area (Å²) in [7, 11) is 5.86. The highest BCUT2D eigenvalue weighted by atomic mass is 19.1. The van der Waals surface area contributed by atoms with Gasteiger partial charge in [0.25, 0.3) is 0 Å². The summed E-state index contributed by atoms with van der Waals surface area (Å²) < 4.78 is 13.0. The Balaban J connectivity index is 1.58. The fraction of sp³-hybridized carbons (Fsp3) is 0.350. The van der Waals surface area contributed by atoms with Crippen molar-refractivity contribution >= 4 is 11.6 Å². The minimum absolute atomic E-state index is 0.0292. The van der Waals surface area contributed by atoms with E-state index in [0.29, 0.717) is 6.54 Å². The van der Waals surface area contributed by atoms with Crippen molar-refractivity contribution in [3.05, 3.63) is 65.5 Å². The maximum Gasteiger partial charge on any atom is 0.226 e. The number of carbonyl (C=O) groups is 1. The lowest BCUT2D eigenvalue weighted by Gasteiger charge is -2.18. The van der Waals surface area contributed by atoms with Crippen LogP contribution in [0.2, 0.25) is 0 Å². The third kappa shape index (κ3) is 3.58. The Hall–Kier alpha value is -2.36. The highest BCUT2D eigenvalue weighted by Crippen LogP contribution is 2.48. The van der Waals surface area contributed by atoms with Crippen LogP contribution in [-0.2, 0) is 11.3 Å². The number of hydrogen-bond donors (Lipinski definition) is 0. The van der Waals surface area contributed by atoms with Gasteiger partial charge in [0.1, 0.15) is 5.82 Å². The molecule has 1 aliphatic rings. The smallest absolute Gasteiger partial charge is 0.226 e. The van der Waals surface area contributed by atoms with Gasteiger partial charge in [-0.25, -0.2) is 4.39 Å². The molecule has 2 unspecified atom stereocenters. The largest absolute Gasteiger partial charge is 0.378 e. The van der Waals surface area contributed by atoms with Gasteiger partial charge in [-0.05, 0) is 47.7 Å². The van der Waals surface area contributed by atoms with Crippen molar-refractivity contribution in [1.82, 2.24) is 4.90 Å². The highest BCUT2D eigenvalue weighted by Gasteiger charge is 2.45. The molecule has 126 valence electrons. The van der Waals surface area contributed by atoms with Crippen LogP contribution in [0.25, 0.3) is 0 Å². The number of rotatable bonds is 5. The quantitative estimate of drug-likeness (QED) is 0.837. The number of hydrogen-bond acceptors (Lipinski definition) is 2. The van der Waals surface area contributed by atoms with Crippen LogP contribution in [0.15, 0.2) is 48.5 Å². The summed E-state index contributed by atoms with van der Waals surface area (Å²) in [5.41, 5.74) is 3.32. The molecule has 0 saturated heterocycles. The minimum atomic E-state index is -0.236. The van der Waals surface area contributed by atoms with Gasteiger partial charge in [0.2, 0.25) is 5.91 Å². The lowest BCUT2D eigenvalue weighted by molar-refractivity contribution is -0.131. The van der Waals surface area contributed by atoms with Crippen LogP contribution in [0, 0.1) is 11.7 Å². The lowest BCUT2D eigenvalue weighted by atomic mass is 10.1. The van der Waals surface area contributed by atoms with Crippen molar-refractivity contribution in [3.8, 4) is 0 Å². The first-order valence-corrected chi connectivity index (χ1v) is 8.22. The molecule has 24 heavy (non-hydrogen) atoms. The normalized spacial score (nSPS) is 19.0. The minimum Gasteiger partial charge on any atom is -0.378 e. The first kappa shape index (κ1) is 16.5. The molecule has 4 heteroatoms. The molecule has 2 atom stereocenters. The predicted octanol–water partition coefficient (Wildman–Crippen LogP) is 3.65. The van der Waals surface area contributed by atoms with E-state index in [1.54, 1.807) is 17.0 Å². The molecule has 1 amide bonds. The van der Waals surface area contributed by atoms with Crippen LogP contribution >= 0.6 is 0 Å². The van der Waals surface area contributed by atoms with E-state index in [1.165, 1.54) is 12.1 Å². The van der Waals surface area contributed by atoms with E-state index in [4.69, 9.17) is 0 Å². The Bertz CT molecular complexity index is 709. The monoisotopic (exact) mass is 326 g/mol. The van der Waals surface area contributed by atoms with Crippen molar-refractivity contribution < 1.29 is 9.18 Å². The van der Waals surface area contributed by atoms with Gasteiger partial charge < -0.3 is 9.80 Å². The van der Waals surface area contributed by atoms with E-state index < -0.39 is 0 Å². The third-order valence-corrected chi connectivity index (χ3v) is 4.65. The van der Waals surface area contributed by atoms with E-state index in [9.17, 15) is 9.18 Å². The Morgan fingerprint density at radius 2 is 1.67 bits per heavy atom. The van der Waals surface area contributed by atoms with Gasteiger partial charge in [0, 0.05) is 39.3 Å². The number of amides is 1. The summed E-state index contributed by atoms with van der Waals surface area (Å²) in [5, 5.41) is 0. The van der Waals surface area contributed by atoms with E-state index in [2.05, 4.69) is 29.2 Å². The molecule has 2 aromatic carbocycles. The number of halogens is 1. The number of carbonyl (C=O) groups excluding carboxylic acids is 1. The van der Waals surface area contributed by atoms with Crippen LogP contribution in [0.5, 0.6) is 0 Å². The number of anilines is 1.